The Morgan fingerprint density at radius 2 is 1.90 bits per heavy atom. The highest BCUT2D eigenvalue weighted by atomic mass is 35.5. The molecule has 1 aliphatic carbocycles. The van der Waals surface area contributed by atoms with E-state index in [0.717, 1.165) is 37.7 Å². The van der Waals surface area contributed by atoms with Crippen molar-refractivity contribution in [3.05, 3.63) is 34.9 Å². The predicted molar refractivity (Wildman–Crippen MR) is 117 cm³/mol. The Morgan fingerprint density at radius 1 is 1.20 bits per heavy atom. The molecule has 3 rings (SSSR count). The van der Waals surface area contributed by atoms with Gasteiger partial charge in [-0.15, -0.1) is 0 Å². The molecule has 1 atom stereocenters. The van der Waals surface area contributed by atoms with Crippen LogP contribution < -0.4 is 10.6 Å². The maximum atomic E-state index is 12.4. The molecule has 1 saturated heterocycles. The lowest BCUT2D eigenvalue weighted by atomic mass is 9.98. The van der Waals surface area contributed by atoms with Crippen LogP contribution in [0.15, 0.2) is 24.3 Å². The van der Waals surface area contributed by atoms with Gasteiger partial charge in [0.25, 0.3) is 0 Å². The Labute approximate surface area is 186 Å². The second-order valence-corrected chi connectivity index (χ2v) is 8.43. The van der Waals surface area contributed by atoms with Crippen LogP contribution in [0.3, 0.4) is 0 Å². The minimum absolute atomic E-state index is 0.0719. The molecular weight excluding hydrogens is 426 g/mol. The maximum Gasteiger partial charge on any atom is 0.308 e. The molecule has 1 saturated carbocycles. The zero-order valence-electron chi connectivity index (χ0n) is 16.7. The highest BCUT2D eigenvalue weighted by molar-refractivity contribution is 7.80. The third-order valence-corrected chi connectivity index (χ3v) is 5.91. The molecule has 0 bridgehead atoms. The summed E-state index contributed by atoms with van der Waals surface area (Å²) in [4.78, 5) is 38.8. The van der Waals surface area contributed by atoms with Crippen LogP contribution in [-0.4, -0.2) is 53.0 Å². The van der Waals surface area contributed by atoms with Gasteiger partial charge in [-0.2, -0.15) is 0 Å². The zero-order chi connectivity index (χ0) is 21.5. The van der Waals surface area contributed by atoms with Gasteiger partial charge >= 0.3 is 5.97 Å². The van der Waals surface area contributed by atoms with Gasteiger partial charge in [-0.05, 0) is 55.6 Å². The standard InChI is InChI=1S/C21H26ClN3O4S/c22-15-8-6-14(7-9-15)12-18(26)24-21(30)25-11-10-23-20(28)17(25)13-19(27)29-16-4-2-1-3-5-16/h6-9,16-17H,1-5,10-13H2,(H,23,28)(H,24,26,30). The number of amides is 2. The van der Waals surface area contributed by atoms with E-state index in [1.54, 1.807) is 29.2 Å². The van der Waals surface area contributed by atoms with Crippen LogP contribution in [0.5, 0.6) is 0 Å². The van der Waals surface area contributed by atoms with Crippen molar-refractivity contribution in [2.24, 2.45) is 0 Å². The number of nitrogens with one attached hydrogen (secondary N) is 2. The van der Waals surface area contributed by atoms with E-state index in [0.29, 0.717) is 18.1 Å². The lowest BCUT2D eigenvalue weighted by molar-refractivity contribution is -0.153. The smallest absolute Gasteiger partial charge is 0.308 e. The second kappa shape index (κ2) is 10.7. The highest BCUT2D eigenvalue weighted by Crippen LogP contribution is 2.21. The Hall–Kier alpha value is -2.19. The number of halogens is 1. The second-order valence-electron chi connectivity index (χ2n) is 7.61. The lowest BCUT2D eigenvalue weighted by Crippen LogP contribution is -2.60. The average Bonchev–Trinajstić information content (AvgIpc) is 2.72. The van der Waals surface area contributed by atoms with E-state index >= 15 is 0 Å². The molecule has 2 aliphatic rings. The van der Waals surface area contributed by atoms with Crippen LogP contribution in [0.1, 0.15) is 44.1 Å². The number of carbonyl (C=O) groups excluding carboxylic acids is 3. The van der Waals surface area contributed by atoms with Crippen molar-refractivity contribution in [1.82, 2.24) is 15.5 Å². The monoisotopic (exact) mass is 451 g/mol. The molecule has 1 aliphatic heterocycles. The number of esters is 1. The molecule has 162 valence electrons. The number of nitrogens with zero attached hydrogens (tertiary/aromatic N) is 1. The number of piperazine rings is 1. The summed E-state index contributed by atoms with van der Waals surface area (Å²) in [5, 5.41) is 6.16. The fourth-order valence-electron chi connectivity index (χ4n) is 3.76. The first-order chi connectivity index (χ1) is 14.4. The molecule has 2 N–H and O–H groups in total. The van der Waals surface area contributed by atoms with Crippen LogP contribution >= 0.6 is 23.8 Å². The largest absolute Gasteiger partial charge is 0.462 e. The van der Waals surface area contributed by atoms with E-state index in [9.17, 15) is 14.4 Å². The quantitative estimate of drug-likeness (QED) is 0.527. The molecule has 1 aromatic carbocycles. The summed E-state index contributed by atoms with van der Waals surface area (Å²) in [6.07, 6.45) is 4.96. The molecule has 0 radical (unpaired) electrons. The Kier molecular flexibility index (Phi) is 8.04. The molecule has 1 aromatic rings. The van der Waals surface area contributed by atoms with Crippen molar-refractivity contribution in [2.75, 3.05) is 13.1 Å². The number of rotatable bonds is 5. The lowest BCUT2D eigenvalue weighted by Gasteiger charge is -2.36. The average molecular weight is 452 g/mol. The molecule has 2 fully saturated rings. The molecule has 0 spiro atoms. The van der Waals surface area contributed by atoms with Crippen molar-refractivity contribution in [3.8, 4) is 0 Å². The van der Waals surface area contributed by atoms with Crippen molar-refractivity contribution in [3.63, 3.8) is 0 Å². The summed E-state index contributed by atoms with van der Waals surface area (Å²) in [5.41, 5.74) is 0.795. The van der Waals surface area contributed by atoms with Crippen LogP contribution in [0.25, 0.3) is 0 Å². The van der Waals surface area contributed by atoms with Gasteiger partial charge in [0.15, 0.2) is 5.11 Å². The summed E-state index contributed by atoms with van der Waals surface area (Å²) in [6.45, 7) is 0.799. The molecule has 1 heterocycles. The minimum Gasteiger partial charge on any atom is -0.462 e. The van der Waals surface area contributed by atoms with Crippen LogP contribution in [0.2, 0.25) is 5.02 Å². The van der Waals surface area contributed by atoms with E-state index in [1.807, 2.05) is 0 Å². The van der Waals surface area contributed by atoms with Crippen LogP contribution in [-0.2, 0) is 25.5 Å². The Bertz CT molecular complexity index is 796. The molecule has 30 heavy (non-hydrogen) atoms. The van der Waals surface area contributed by atoms with Gasteiger partial charge in [-0.1, -0.05) is 30.2 Å². The van der Waals surface area contributed by atoms with Crippen molar-refractivity contribution in [1.29, 1.82) is 0 Å². The third-order valence-electron chi connectivity index (χ3n) is 5.33. The summed E-state index contributed by atoms with van der Waals surface area (Å²) in [5.74, 6) is -1.00. The SMILES string of the molecule is O=C(Cc1ccc(Cl)cc1)NC(=S)N1CCNC(=O)C1CC(=O)OC1CCCCC1. The maximum absolute atomic E-state index is 12.4. The molecule has 0 aromatic heterocycles. The summed E-state index contributed by atoms with van der Waals surface area (Å²) in [7, 11) is 0. The number of thiocarbonyl (C=S) groups is 1. The zero-order valence-corrected chi connectivity index (χ0v) is 18.3. The number of hydrogen-bond donors (Lipinski definition) is 2. The third kappa shape index (κ3) is 6.40. The van der Waals surface area contributed by atoms with Crippen molar-refractivity contribution >= 4 is 46.7 Å². The van der Waals surface area contributed by atoms with Gasteiger partial charge in [-0.3, -0.25) is 14.4 Å². The Morgan fingerprint density at radius 3 is 2.60 bits per heavy atom. The van der Waals surface area contributed by atoms with Gasteiger partial charge in [0, 0.05) is 18.1 Å². The first-order valence-electron chi connectivity index (χ1n) is 10.2. The fraction of sp³-hybridized carbons (Fsp3) is 0.524. The van der Waals surface area contributed by atoms with Crippen molar-refractivity contribution in [2.45, 2.75) is 57.1 Å². The number of ether oxygens (including phenoxy) is 1. The topological polar surface area (TPSA) is 87.7 Å². The molecule has 7 nitrogen and oxygen atoms in total. The molecule has 2 amide bonds. The molecular formula is C21H26ClN3O4S. The number of benzene rings is 1. The molecule has 9 heteroatoms. The van der Waals surface area contributed by atoms with Gasteiger partial charge in [0.05, 0.1) is 12.8 Å². The van der Waals surface area contributed by atoms with E-state index in [1.165, 1.54) is 0 Å². The van der Waals surface area contributed by atoms with E-state index in [-0.39, 0.29) is 35.9 Å². The van der Waals surface area contributed by atoms with Crippen molar-refractivity contribution < 1.29 is 19.1 Å². The fourth-order valence-corrected chi connectivity index (χ4v) is 4.22. The van der Waals surface area contributed by atoms with Crippen LogP contribution in [0.4, 0.5) is 0 Å². The Balaban J connectivity index is 1.56. The number of hydrogen-bond acceptors (Lipinski definition) is 5. The normalized spacial score (nSPS) is 19.7. The predicted octanol–water partition coefficient (Wildman–Crippen LogP) is 2.35. The van der Waals surface area contributed by atoms with Gasteiger partial charge < -0.3 is 20.3 Å². The first kappa shape index (κ1) is 22.5. The van der Waals surface area contributed by atoms with E-state index < -0.39 is 12.0 Å². The van der Waals surface area contributed by atoms with Crippen LogP contribution in [0, 0.1) is 0 Å². The minimum atomic E-state index is -0.793. The summed E-state index contributed by atoms with van der Waals surface area (Å²) < 4.78 is 5.55. The number of carbonyl (C=O) groups is 3. The first-order valence-corrected chi connectivity index (χ1v) is 11.0. The summed E-state index contributed by atoms with van der Waals surface area (Å²) in [6, 6.07) is 6.17. The van der Waals surface area contributed by atoms with E-state index in [4.69, 9.17) is 28.6 Å². The van der Waals surface area contributed by atoms with Gasteiger partial charge in [-0.25, -0.2) is 0 Å². The van der Waals surface area contributed by atoms with Gasteiger partial charge in [0.1, 0.15) is 12.1 Å². The van der Waals surface area contributed by atoms with E-state index in [2.05, 4.69) is 10.6 Å². The highest BCUT2D eigenvalue weighted by Gasteiger charge is 2.34. The molecule has 1 unspecified atom stereocenters. The van der Waals surface area contributed by atoms with Gasteiger partial charge in [0.2, 0.25) is 11.8 Å². The summed E-state index contributed by atoms with van der Waals surface area (Å²) >= 11 is 11.2.